The van der Waals surface area contributed by atoms with Crippen LogP contribution < -0.4 is 0 Å². The van der Waals surface area contributed by atoms with Crippen molar-refractivity contribution in [2.45, 2.75) is 167 Å². The summed E-state index contributed by atoms with van der Waals surface area (Å²) in [5.74, 6) is -0.0780. The second-order valence-corrected chi connectivity index (χ2v) is 25.8. The molecule has 9 heterocycles. The van der Waals surface area contributed by atoms with E-state index in [1.165, 1.54) is 24.6 Å². The Morgan fingerprint density at radius 1 is 0.533 bits per heavy atom. The number of alkyl halides is 6. The topological polar surface area (TPSA) is 205 Å². The van der Waals surface area contributed by atoms with Crippen LogP contribution in [0.25, 0.3) is 17.1 Å². The van der Waals surface area contributed by atoms with E-state index < -0.39 is 29.9 Å². The van der Waals surface area contributed by atoms with E-state index in [1.54, 1.807) is 23.1 Å². The fourth-order valence-corrected chi connectivity index (χ4v) is 15.5. The van der Waals surface area contributed by atoms with Crippen molar-refractivity contribution in [1.82, 2.24) is 28.4 Å². The first kappa shape index (κ1) is 66.5. The second-order valence-electron chi connectivity index (χ2n) is 25.8. The van der Waals surface area contributed by atoms with E-state index in [2.05, 4.69) is 64.0 Å². The molecule has 6 aromatic rings. The number of ketones is 3. The monoisotopic (exact) mass is 1260 g/mol. The fourth-order valence-electron chi connectivity index (χ4n) is 15.5. The van der Waals surface area contributed by atoms with Gasteiger partial charge >= 0.3 is 18.3 Å². The first-order valence-corrected chi connectivity index (χ1v) is 31.3. The van der Waals surface area contributed by atoms with E-state index in [0.717, 1.165) is 82.3 Å². The maximum atomic E-state index is 13.3. The third-order valence-corrected chi connectivity index (χ3v) is 20.4. The van der Waals surface area contributed by atoms with Crippen LogP contribution in [-0.4, -0.2) is 136 Å². The summed E-state index contributed by atoms with van der Waals surface area (Å²) in [7, 11) is 0. The van der Waals surface area contributed by atoms with Gasteiger partial charge in [0.2, 0.25) is 0 Å². The summed E-state index contributed by atoms with van der Waals surface area (Å²) in [6.07, 6.45) is -0.844. The smallest absolute Gasteiger partial charge is 0.475 e. The quantitative estimate of drug-likeness (QED) is 0.0630. The molecule has 0 spiro atoms. The molecule has 13 rings (SSSR count). The Labute approximate surface area is 531 Å². The zero-order valence-corrected chi connectivity index (χ0v) is 52.7. The first-order chi connectivity index (χ1) is 43.5. The molecule has 2 N–H and O–H groups in total. The predicted molar refractivity (Wildman–Crippen MR) is 332 cm³/mol. The van der Waals surface area contributed by atoms with Crippen molar-refractivity contribution in [3.8, 4) is 35.3 Å². The summed E-state index contributed by atoms with van der Waals surface area (Å²) in [4.78, 5) is 54.7. The van der Waals surface area contributed by atoms with Gasteiger partial charge in [0.1, 0.15) is 0 Å². The molecule has 6 aliphatic heterocycles. The number of aryl methyl sites for hydroxylation is 2. The average Bonchev–Trinajstić information content (AvgIpc) is 1.62. The van der Waals surface area contributed by atoms with Crippen LogP contribution in [0.3, 0.4) is 0 Å². The van der Waals surface area contributed by atoms with E-state index in [-0.39, 0.29) is 42.1 Å². The molecular weight excluding hydrogens is 1190 g/mol. The largest absolute Gasteiger partial charge is 0.490 e. The van der Waals surface area contributed by atoms with Crippen LogP contribution in [0.2, 0.25) is 0 Å². The molecule has 0 radical (unpaired) electrons. The van der Waals surface area contributed by atoms with Gasteiger partial charge in [-0.2, -0.15) is 42.1 Å². The molecule has 5 saturated heterocycles. The van der Waals surface area contributed by atoms with Crippen LogP contribution in [0, 0.1) is 86.4 Å². The van der Waals surface area contributed by atoms with Crippen LogP contribution in [-0.2, 0) is 4.79 Å². The Morgan fingerprint density at radius 3 is 1.29 bits per heavy atom. The highest BCUT2D eigenvalue weighted by Gasteiger charge is 2.52. The lowest BCUT2D eigenvalue weighted by molar-refractivity contribution is -0.192. The molecule has 15 nitrogen and oxygen atoms in total. The van der Waals surface area contributed by atoms with E-state index in [1.807, 2.05) is 106 Å². The minimum absolute atomic E-state index is 0.0247. The molecule has 0 amide bonds. The lowest BCUT2D eigenvalue weighted by Gasteiger charge is -2.23. The van der Waals surface area contributed by atoms with E-state index in [0.29, 0.717) is 90.0 Å². The summed E-state index contributed by atoms with van der Waals surface area (Å²) < 4.78 is 77.6. The number of hydrogen-bond acceptors (Lipinski definition) is 11. The number of benzene rings is 3. The zero-order valence-electron chi connectivity index (χ0n) is 52.7. The molecule has 7 aliphatic rings. The number of aliphatic carboxylic acids is 1. The highest BCUT2D eigenvalue weighted by Crippen LogP contribution is 2.50. The number of halogens is 6. The SMILES string of the molecule is Cc1c(C(=O)CN2C3CCC2[C@@H](O)C3)cc([C@@H]2C[C@H]2C)n1-c1ccc(C#N)cc1.Cc1cc(C(=O)CN2C3C=C(C(F)(F)F)C2CC3)c(C)n1-c1ccc(C#N)cc1.Cc1cc(C(=O)CN2C3CCC2[C@@H](C)[C@@H]3C)c(C)n1-c1ccc(C#N)cc1.O=C(O)C(F)(F)F. The minimum atomic E-state index is -5.08. The lowest BCUT2D eigenvalue weighted by atomic mass is 9.82. The van der Waals surface area contributed by atoms with Gasteiger partial charge in [0.05, 0.1) is 60.6 Å². The van der Waals surface area contributed by atoms with Crippen molar-refractivity contribution in [1.29, 1.82) is 15.8 Å². The molecule has 482 valence electrons. The van der Waals surface area contributed by atoms with Gasteiger partial charge < -0.3 is 23.9 Å². The molecule has 11 atom stereocenters. The molecule has 3 aromatic heterocycles. The van der Waals surface area contributed by atoms with E-state index in [4.69, 9.17) is 25.7 Å². The van der Waals surface area contributed by atoms with Gasteiger partial charge in [-0.25, -0.2) is 4.79 Å². The van der Waals surface area contributed by atoms with Crippen molar-refractivity contribution in [3.63, 3.8) is 0 Å². The normalized spacial score (nSPS) is 25.1. The molecular formula is C71H75F6N9O6. The van der Waals surface area contributed by atoms with Gasteiger partial charge in [-0.1, -0.05) is 26.8 Å². The van der Waals surface area contributed by atoms with Crippen LogP contribution in [0.4, 0.5) is 26.3 Å². The van der Waals surface area contributed by atoms with E-state index >= 15 is 0 Å². The highest BCUT2D eigenvalue weighted by molar-refractivity contribution is 6.00. The molecule has 21 heteroatoms. The number of aliphatic hydroxyl groups excluding tert-OH is 1. The number of carbonyl (C=O) groups is 4. The number of nitriles is 3. The number of fused-ring (bicyclic) bond motifs is 6. The number of carboxylic acid groups (broad SMARTS) is 1. The molecule has 92 heavy (non-hydrogen) atoms. The number of aromatic nitrogens is 3. The Morgan fingerprint density at radius 2 is 0.924 bits per heavy atom. The summed E-state index contributed by atoms with van der Waals surface area (Å²) >= 11 is 0. The molecule has 3 aromatic carbocycles. The minimum Gasteiger partial charge on any atom is -0.475 e. The van der Waals surface area contributed by atoms with Gasteiger partial charge in [0, 0.05) is 116 Å². The summed E-state index contributed by atoms with van der Waals surface area (Å²) in [5, 5.41) is 44.4. The summed E-state index contributed by atoms with van der Waals surface area (Å²) in [6, 6.07) is 35.0. The van der Waals surface area contributed by atoms with Crippen molar-refractivity contribution in [3.05, 3.63) is 170 Å². The number of hydrogen-bond donors (Lipinski definition) is 2. The Bertz CT molecular complexity index is 3950. The molecule has 1 aliphatic carbocycles. The van der Waals surface area contributed by atoms with Crippen molar-refractivity contribution in [2.75, 3.05) is 19.6 Å². The number of Topliss-reactive ketones (excluding diaryl/α,β-unsaturated/α-hetero) is 3. The summed E-state index contributed by atoms with van der Waals surface area (Å²) in [5.41, 5.74) is 12.1. The van der Waals surface area contributed by atoms with Crippen molar-refractivity contribution in [2.24, 2.45) is 17.8 Å². The molecule has 6 unspecified atom stereocenters. The highest BCUT2D eigenvalue weighted by atomic mass is 19.4. The van der Waals surface area contributed by atoms with Gasteiger partial charge in [-0.05, 0) is 195 Å². The van der Waals surface area contributed by atoms with Gasteiger partial charge in [-0.15, -0.1) is 0 Å². The van der Waals surface area contributed by atoms with Gasteiger partial charge in [-0.3, -0.25) is 29.1 Å². The third kappa shape index (κ3) is 13.2. The standard InChI is InChI=1S/C24H27N3O2.C23H27N3O.C22H20F3N3O.C2HF3O2/c1-14-9-19(14)22-11-20(15(2)27(22)17-5-3-16(12-25)4-6-17)24(29)13-26-18-7-8-21(26)23(28)10-18;1-14-11-20(17(4)26(14)19-7-5-18(12-24)6-8-19)23(27)13-25-21-9-10-22(25)16(3)15(21)2;1-13-9-18(14(2)28(13)16-5-3-15(11-26)4-6-16)21(29)12-27-17-7-8-20(27)19(10-17)22(23,24)25;3-2(4,5)1(6)7/h3-6,11,14,18-19,21,23,28H,7-10,13H2,1-2H3;5-8,11,15-16,21-22H,9-10,13H2,1-4H3;3-6,9-10,17,20H,7-8,12H2,1-2H3;(H,6,7)/t14-,18?,19-,21?,23+;15-,16-,21?,22?;;/m10../s1. The molecule has 1 saturated carbocycles. The third-order valence-electron chi connectivity index (χ3n) is 20.4. The van der Waals surface area contributed by atoms with Crippen LogP contribution in [0.15, 0.2) is 103 Å². The van der Waals surface area contributed by atoms with Crippen LogP contribution in [0.1, 0.15) is 160 Å². The van der Waals surface area contributed by atoms with Crippen molar-refractivity contribution < 1.29 is 55.7 Å². The maximum Gasteiger partial charge on any atom is 0.490 e. The van der Waals surface area contributed by atoms with E-state index in [9.17, 15) is 45.8 Å². The molecule has 6 bridgehead atoms. The number of rotatable bonds is 13. The number of nitrogens with zero attached hydrogens (tertiary/aromatic N) is 9. The second kappa shape index (κ2) is 26.3. The molecule has 6 fully saturated rings. The first-order valence-electron chi connectivity index (χ1n) is 31.3. The maximum absolute atomic E-state index is 13.3. The number of carbonyl (C=O) groups excluding carboxylic acids is 3. The van der Waals surface area contributed by atoms with Crippen LogP contribution in [0.5, 0.6) is 0 Å². The fraction of sp³-hybridized carbons (Fsp3) is 0.451. The Kier molecular flexibility index (Phi) is 19.0. The summed E-state index contributed by atoms with van der Waals surface area (Å²) in [6.45, 7) is 17.6. The van der Waals surface area contributed by atoms with Gasteiger partial charge in [0.15, 0.2) is 17.3 Å². The lowest BCUT2D eigenvalue weighted by Crippen LogP contribution is -2.37. The Balaban J connectivity index is 0.000000144. The van der Waals surface area contributed by atoms with Crippen LogP contribution >= 0.6 is 0 Å². The average molecular weight is 1260 g/mol. The zero-order chi connectivity index (χ0) is 66.6. The van der Waals surface area contributed by atoms with Crippen molar-refractivity contribution >= 4 is 23.3 Å². The Hall–Kier alpha value is -8.39. The van der Waals surface area contributed by atoms with Gasteiger partial charge in [0.25, 0.3) is 0 Å². The number of aliphatic hydroxyl groups is 1. The predicted octanol–water partition coefficient (Wildman–Crippen LogP) is 12.9. The number of carboxylic acids is 1.